The van der Waals surface area contributed by atoms with Crippen molar-refractivity contribution in [2.45, 2.75) is 20.4 Å². The van der Waals surface area contributed by atoms with E-state index in [0.717, 1.165) is 10.4 Å². The van der Waals surface area contributed by atoms with Crippen molar-refractivity contribution < 1.29 is 14.0 Å². The average molecular weight is 369 g/mol. The molecule has 0 aliphatic rings. The fourth-order valence-corrected chi connectivity index (χ4v) is 3.20. The van der Waals surface area contributed by atoms with Gasteiger partial charge in [0.2, 0.25) is 0 Å². The summed E-state index contributed by atoms with van der Waals surface area (Å²) in [6.45, 7) is 4.29. The van der Waals surface area contributed by atoms with Crippen LogP contribution < -0.4 is 16.0 Å². The number of hydrogen-bond donors (Lipinski definition) is 3. The van der Waals surface area contributed by atoms with Gasteiger partial charge < -0.3 is 20.4 Å². The van der Waals surface area contributed by atoms with Gasteiger partial charge in [-0.15, -0.1) is 11.3 Å². The molecule has 0 aliphatic heterocycles. The molecule has 7 heteroatoms. The van der Waals surface area contributed by atoms with Gasteiger partial charge in [-0.2, -0.15) is 0 Å². The van der Waals surface area contributed by atoms with E-state index in [4.69, 9.17) is 4.42 Å². The molecule has 26 heavy (non-hydrogen) atoms. The summed E-state index contributed by atoms with van der Waals surface area (Å²) >= 11 is 1.47. The minimum Gasteiger partial charge on any atom is -0.467 e. The molecule has 0 saturated heterocycles. The number of furan rings is 1. The summed E-state index contributed by atoms with van der Waals surface area (Å²) in [5, 5.41) is 8.28. The summed E-state index contributed by atoms with van der Waals surface area (Å²) in [6, 6.07) is 12.0. The van der Waals surface area contributed by atoms with Crippen LogP contribution in [-0.2, 0) is 6.54 Å². The molecular formula is C19H19N3O3S. The molecule has 2 aromatic heterocycles. The van der Waals surface area contributed by atoms with Crippen LogP contribution in [-0.4, -0.2) is 11.9 Å². The van der Waals surface area contributed by atoms with Gasteiger partial charge in [-0.25, -0.2) is 4.79 Å². The highest BCUT2D eigenvalue weighted by Crippen LogP contribution is 2.22. The van der Waals surface area contributed by atoms with Gasteiger partial charge in [-0.1, -0.05) is 0 Å². The first kappa shape index (κ1) is 17.8. The normalized spacial score (nSPS) is 10.4. The van der Waals surface area contributed by atoms with Crippen molar-refractivity contribution in [2.24, 2.45) is 0 Å². The first-order valence-electron chi connectivity index (χ1n) is 8.07. The number of urea groups is 1. The quantitative estimate of drug-likeness (QED) is 0.618. The number of amides is 3. The number of nitrogens with one attached hydrogen (secondary N) is 3. The maximum atomic E-state index is 12.3. The van der Waals surface area contributed by atoms with E-state index in [2.05, 4.69) is 16.0 Å². The van der Waals surface area contributed by atoms with Crippen LogP contribution in [0.4, 0.5) is 16.2 Å². The van der Waals surface area contributed by atoms with Gasteiger partial charge in [0.1, 0.15) is 5.76 Å². The maximum Gasteiger partial charge on any atom is 0.319 e. The number of hydrogen-bond acceptors (Lipinski definition) is 4. The second-order valence-corrected chi connectivity index (χ2v) is 7.02. The summed E-state index contributed by atoms with van der Waals surface area (Å²) in [4.78, 5) is 25.9. The number of benzene rings is 1. The third kappa shape index (κ3) is 4.52. The third-order valence-electron chi connectivity index (χ3n) is 3.79. The molecule has 3 N–H and O–H groups in total. The maximum absolute atomic E-state index is 12.3. The molecule has 3 aromatic rings. The van der Waals surface area contributed by atoms with Crippen LogP contribution >= 0.6 is 11.3 Å². The monoisotopic (exact) mass is 369 g/mol. The molecule has 0 atom stereocenters. The van der Waals surface area contributed by atoms with E-state index < -0.39 is 0 Å². The van der Waals surface area contributed by atoms with Crippen molar-refractivity contribution >= 4 is 34.6 Å². The predicted molar refractivity (Wildman–Crippen MR) is 103 cm³/mol. The average Bonchev–Trinajstić information content (AvgIpc) is 3.25. The van der Waals surface area contributed by atoms with Crippen LogP contribution in [0.1, 0.15) is 25.9 Å². The van der Waals surface area contributed by atoms with Crippen LogP contribution in [0.3, 0.4) is 0 Å². The molecule has 6 nitrogen and oxygen atoms in total. The van der Waals surface area contributed by atoms with E-state index in [1.165, 1.54) is 11.3 Å². The van der Waals surface area contributed by atoms with Crippen molar-refractivity contribution in [1.82, 2.24) is 5.32 Å². The van der Waals surface area contributed by atoms with Crippen molar-refractivity contribution in [3.05, 3.63) is 69.8 Å². The van der Waals surface area contributed by atoms with E-state index in [-0.39, 0.29) is 11.9 Å². The molecule has 0 radical (unpaired) electrons. The topological polar surface area (TPSA) is 83.4 Å². The van der Waals surface area contributed by atoms with E-state index in [0.29, 0.717) is 28.6 Å². The highest BCUT2D eigenvalue weighted by Gasteiger charge is 2.11. The molecule has 0 unspecified atom stereocenters. The Labute approximate surface area is 155 Å². The Morgan fingerprint density at radius 3 is 2.31 bits per heavy atom. The lowest BCUT2D eigenvalue weighted by Crippen LogP contribution is -2.27. The Balaban J connectivity index is 1.52. The minimum atomic E-state index is -0.331. The molecule has 3 rings (SSSR count). The Kier molecular flexibility index (Phi) is 5.38. The lowest BCUT2D eigenvalue weighted by atomic mass is 10.2. The number of aryl methyl sites for hydroxylation is 2. The van der Waals surface area contributed by atoms with Crippen molar-refractivity contribution in [1.29, 1.82) is 0 Å². The van der Waals surface area contributed by atoms with E-state index in [1.54, 1.807) is 42.7 Å². The fourth-order valence-electron chi connectivity index (χ4n) is 2.27. The summed E-state index contributed by atoms with van der Waals surface area (Å²) in [6.07, 6.45) is 1.56. The molecule has 0 bridgehead atoms. The SMILES string of the molecule is Cc1cc(C(=O)Nc2ccc(NC(=O)NCc3ccco3)cc2)sc1C. The van der Waals surface area contributed by atoms with Gasteiger partial charge in [0.25, 0.3) is 5.91 Å². The fraction of sp³-hybridized carbons (Fsp3) is 0.158. The van der Waals surface area contributed by atoms with E-state index in [1.807, 2.05) is 19.9 Å². The predicted octanol–water partition coefficient (Wildman–Crippen LogP) is 4.53. The summed E-state index contributed by atoms with van der Waals surface area (Å²) < 4.78 is 5.15. The summed E-state index contributed by atoms with van der Waals surface area (Å²) in [5.74, 6) is 0.542. The third-order valence-corrected chi connectivity index (χ3v) is 4.95. The minimum absolute atomic E-state index is 0.136. The number of thiophene rings is 1. The Hall–Kier alpha value is -3.06. The van der Waals surface area contributed by atoms with Crippen molar-refractivity contribution in [3.63, 3.8) is 0 Å². The first-order chi connectivity index (χ1) is 12.5. The van der Waals surface area contributed by atoms with Gasteiger partial charge in [-0.05, 0) is 61.9 Å². The van der Waals surface area contributed by atoms with Gasteiger partial charge in [0.15, 0.2) is 0 Å². The summed E-state index contributed by atoms with van der Waals surface area (Å²) in [7, 11) is 0. The molecule has 0 saturated carbocycles. The van der Waals surface area contributed by atoms with Gasteiger partial charge in [0, 0.05) is 16.3 Å². The van der Waals surface area contributed by atoms with E-state index >= 15 is 0 Å². The Morgan fingerprint density at radius 1 is 1.04 bits per heavy atom. The van der Waals surface area contributed by atoms with Crippen LogP contribution in [0, 0.1) is 13.8 Å². The first-order valence-corrected chi connectivity index (χ1v) is 8.88. The Morgan fingerprint density at radius 2 is 1.73 bits per heavy atom. The standard InChI is InChI=1S/C19H19N3O3S/c1-12-10-17(26-13(12)2)18(23)21-14-5-7-15(8-6-14)22-19(24)20-11-16-4-3-9-25-16/h3-10H,11H2,1-2H3,(H,21,23)(H2,20,22,24). The smallest absolute Gasteiger partial charge is 0.319 e. The highest BCUT2D eigenvalue weighted by molar-refractivity contribution is 7.14. The zero-order valence-electron chi connectivity index (χ0n) is 14.5. The van der Waals surface area contributed by atoms with Crippen LogP contribution in [0.25, 0.3) is 0 Å². The number of carbonyl (C=O) groups is 2. The molecule has 3 amide bonds. The molecule has 2 heterocycles. The van der Waals surface area contributed by atoms with Crippen LogP contribution in [0.15, 0.2) is 53.1 Å². The lowest BCUT2D eigenvalue weighted by molar-refractivity contribution is 0.103. The highest BCUT2D eigenvalue weighted by atomic mass is 32.1. The molecule has 0 spiro atoms. The van der Waals surface area contributed by atoms with Crippen LogP contribution in [0.2, 0.25) is 0 Å². The summed E-state index contributed by atoms with van der Waals surface area (Å²) in [5.41, 5.74) is 2.41. The van der Waals surface area contributed by atoms with Gasteiger partial charge in [0.05, 0.1) is 17.7 Å². The zero-order valence-corrected chi connectivity index (χ0v) is 15.3. The number of anilines is 2. The largest absolute Gasteiger partial charge is 0.467 e. The van der Waals surface area contributed by atoms with Crippen molar-refractivity contribution in [2.75, 3.05) is 10.6 Å². The van der Waals surface area contributed by atoms with Crippen LogP contribution in [0.5, 0.6) is 0 Å². The molecule has 0 fully saturated rings. The molecular weight excluding hydrogens is 350 g/mol. The molecule has 1 aromatic carbocycles. The number of rotatable bonds is 5. The van der Waals surface area contributed by atoms with Gasteiger partial charge >= 0.3 is 6.03 Å². The number of carbonyl (C=O) groups excluding carboxylic acids is 2. The zero-order chi connectivity index (χ0) is 18.5. The second kappa shape index (κ2) is 7.88. The van der Waals surface area contributed by atoms with Gasteiger partial charge in [-0.3, -0.25) is 4.79 Å². The van der Waals surface area contributed by atoms with Crippen molar-refractivity contribution in [3.8, 4) is 0 Å². The Bertz CT molecular complexity index is 879. The second-order valence-electron chi connectivity index (χ2n) is 5.77. The molecule has 0 aliphatic carbocycles. The van der Waals surface area contributed by atoms with E-state index in [9.17, 15) is 9.59 Å². The molecule has 134 valence electrons. The lowest BCUT2D eigenvalue weighted by Gasteiger charge is -2.08.